The van der Waals surface area contributed by atoms with Gasteiger partial charge in [0.05, 0.1) is 0 Å². The van der Waals surface area contributed by atoms with E-state index in [2.05, 4.69) is 33.0 Å². The number of piperidine rings is 1. The van der Waals surface area contributed by atoms with Gasteiger partial charge in [0, 0.05) is 28.6 Å². The quantitative estimate of drug-likeness (QED) is 0.840. The Labute approximate surface area is 141 Å². The lowest BCUT2D eigenvalue weighted by molar-refractivity contribution is 0.0586. The van der Waals surface area contributed by atoms with Gasteiger partial charge >= 0.3 is 0 Å². The molecule has 0 amide bonds. The van der Waals surface area contributed by atoms with Crippen molar-refractivity contribution in [3.05, 3.63) is 33.3 Å². The highest BCUT2D eigenvalue weighted by molar-refractivity contribution is 9.10. The van der Waals surface area contributed by atoms with Gasteiger partial charge in [-0.3, -0.25) is 4.90 Å². The molecule has 2 N–H and O–H groups in total. The van der Waals surface area contributed by atoms with E-state index in [0.29, 0.717) is 6.54 Å². The first-order valence-electron chi connectivity index (χ1n) is 8.08. The number of hydrogen-bond acceptors (Lipinski definition) is 2. The van der Waals surface area contributed by atoms with Crippen molar-refractivity contribution in [3.63, 3.8) is 0 Å². The van der Waals surface area contributed by atoms with Gasteiger partial charge in [0.25, 0.3) is 0 Å². The molecule has 3 atom stereocenters. The van der Waals surface area contributed by atoms with Crippen LogP contribution in [0.2, 0.25) is 5.02 Å². The Morgan fingerprint density at radius 1 is 1.24 bits per heavy atom. The Morgan fingerprint density at radius 2 is 2.00 bits per heavy atom. The van der Waals surface area contributed by atoms with Crippen LogP contribution in [0, 0.1) is 11.8 Å². The molecule has 2 fully saturated rings. The average Bonchev–Trinajstić information content (AvgIpc) is 2.50. The number of halogens is 2. The number of hydrogen-bond donors (Lipinski definition) is 1. The van der Waals surface area contributed by atoms with Crippen LogP contribution < -0.4 is 5.73 Å². The Bertz CT molecular complexity index is 494. The molecule has 21 heavy (non-hydrogen) atoms. The summed E-state index contributed by atoms with van der Waals surface area (Å²) in [6.07, 6.45) is 6.99. The van der Waals surface area contributed by atoms with Crippen LogP contribution in [-0.2, 0) is 0 Å². The summed E-state index contributed by atoms with van der Waals surface area (Å²) in [7, 11) is 0. The van der Waals surface area contributed by atoms with Crippen molar-refractivity contribution in [3.8, 4) is 0 Å². The lowest BCUT2D eigenvalue weighted by atomic mass is 9.74. The maximum absolute atomic E-state index is 6.45. The minimum Gasteiger partial charge on any atom is -0.329 e. The first-order chi connectivity index (χ1) is 10.2. The number of benzene rings is 1. The van der Waals surface area contributed by atoms with Crippen molar-refractivity contribution >= 4 is 27.5 Å². The van der Waals surface area contributed by atoms with Crippen LogP contribution in [0.3, 0.4) is 0 Å². The van der Waals surface area contributed by atoms with E-state index in [1.54, 1.807) is 0 Å². The van der Waals surface area contributed by atoms with E-state index in [-0.39, 0.29) is 6.04 Å². The molecule has 1 aliphatic carbocycles. The molecule has 1 saturated heterocycles. The van der Waals surface area contributed by atoms with Gasteiger partial charge in [-0.1, -0.05) is 52.9 Å². The van der Waals surface area contributed by atoms with Gasteiger partial charge in [-0.15, -0.1) is 0 Å². The Hall–Kier alpha value is -0.0900. The summed E-state index contributed by atoms with van der Waals surface area (Å²) in [5, 5.41) is 0.825. The molecule has 1 aromatic rings. The smallest absolute Gasteiger partial charge is 0.0485 e. The number of fused-ring (bicyclic) bond motifs is 1. The zero-order chi connectivity index (χ0) is 14.8. The molecule has 3 unspecified atom stereocenters. The molecule has 0 spiro atoms. The first kappa shape index (κ1) is 15.8. The predicted octanol–water partition coefficient (Wildman–Crippen LogP) is 4.61. The summed E-state index contributed by atoms with van der Waals surface area (Å²) in [4.78, 5) is 2.57. The largest absolute Gasteiger partial charge is 0.329 e. The van der Waals surface area contributed by atoms with Gasteiger partial charge in [-0.2, -0.15) is 0 Å². The third-order valence-corrected chi connectivity index (χ3v) is 6.13. The molecule has 116 valence electrons. The predicted molar refractivity (Wildman–Crippen MR) is 92.6 cm³/mol. The van der Waals surface area contributed by atoms with Gasteiger partial charge in [-0.05, 0) is 48.9 Å². The van der Waals surface area contributed by atoms with Gasteiger partial charge < -0.3 is 5.73 Å². The van der Waals surface area contributed by atoms with Crippen molar-refractivity contribution in [2.75, 3.05) is 19.6 Å². The van der Waals surface area contributed by atoms with Crippen LogP contribution in [0.5, 0.6) is 0 Å². The first-order valence-corrected chi connectivity index (χ1v) is 9.25. The summed E-state index contributed by atoms with van der Waals surface area (Å²) in [6.45, 7) is 2.99. The summed E-state index contributed by atoms with van der Waals surface area (Å²) in [6, 6.07) is 6.43. The molecule has 0 radical (unpaired) electrons. The SMILES string of the molecule is NCC(c1ccc(Br)cc1Cl)N1CCC2CCCCC2C1. The number of likely N-dealkylation sites (tertiary alicyclic amines) is 1. The third kappa shape index (κ3) is 3.47. The second kappa shape index (κ2) is 6.99. The molecule has 1 saturated carbocycles. The van der Waals surface area contributed by atoms with Crippen molar-refractivity contribution in [2.45, 2.75) is 38.1 Å². The van der Waals surface area contributed by atoms with E-state index >= 15 is 0 Å². The van der Waals surface area contributed by atoms with Crippen molar-refractivity contribution < 1.29 is 0 Å². The van der Waals surface area contributed by atoms with Crippen LogP contribution >= 0.6 is 27.5 Å². The molecule has 1 aromatic carbocycles. The fourth-order valence-electron chi connectivity index (χ4n) is 4.16. The van der Waals surface area contributed by atoms with Crippen molar-refractivity contribution in [1.82, 2.24) is 4.90 Å². The molecule has 1 heterocycles. The monoisotopic (exact) mass is 370 g/mol. The molecule has 0 aromatic heterocycles. The third-order valence-electron chi connectivity index (χ3n) is 5.31. The van der Waals surface area contributed by atoms with Crippen LogP contribution in [0.15, 0.2) is 22.7 Å². The van der Waals surface area contributed by atoms with E-state index in [1.165, 1.54) is 44.2 Å². The summed E-state index contributed by atoms with van der Waals surface area (Å²) in [5.41, 5.74) is 7.28. The second-order valence-corrected chi connectivity index (χ2v) is 7.83. The van der Waals surface area contributed by atoms with Crippen LogP contribution in [0.4, 0.5) is 0 Å². The molecule has 2 aliphatic rings. The van der Waals surface area contributed by atoms with Gasteiger partial charge in [0.2, 0.25) is 0 Å². The molecule has 2 nitrogen and oxygen atoms in total. The number of rotatable bonds is 3. The lowest BCUT2D eigenvalue weighted by Gasteiger charge is -2.44. The minimum absolute atomic E-state index is 0.258. The minimum atomic E-state index is 0.258. The van der Waals surface area contributed by atoms with E-state index in [0.717, 1.165) is 27.9 Å². The highest BCUT2D eigenvalue weighted by Gasteiger charge is 2.34. The Morgan fingerprint density at radius 3 is 2.71 bits per heavy atom. The maximum Gasteiger partial charge on any atom is 0.0485 e. The Balaban J connectivity index is 1.77. The highest BCUT2D eigenvalue weighted by atomic mass is 79.9. The molecular formula is C17H24BrClN2. The van der Waals surface area contributed by atoms with Crippen LogP contribution in [0.1, 0.15) is 43.7 Å². The molecule has 1 aliphatic heterocycles. The number of nitrogens with zero attached hydrogens (tertiary/aromatic N) is 1. The van der Waals surface area contributed by atoms with E-state index in [9.17, 15) is 0 Å². The second-order valence-electron chi connectivity index (χ2n) is 6.51. The van der Waals surface area contributed by atoms with E-state index in [1.807, 2.05) is 6.07 Å². The van der Waals surface area contributed by atoms with Crippen LogP contribution in [0.25, 0.3) is 0 Å². The fraction of sp³-hybridized carbons (Fsp3) is 0.647. The molecular weight excluding hydrogens is 348 g/mol. The van der Waals surface area contributed by atoms with Gasteiger partial charge in [0.1, 0.15) is 0 Å². The summed E-state index contributed by atoms with van der Waals surface area (Å²) in [5.74, 6) is 1.82. The fourth-order valence-corrected chi connectivity index (χ4v) is 4.96. The average molecular weight is 372 g/mol. The zero-order valence-corrected chi connectivity index (χ0v) is 14.7. The molecule has 4 heteroatoms. The van der Waals surface area contributed by atoms with Crippen LogP contribution in [-0.4, -0.2) is 24.5 Å². The zero-order valence-electron chi connectivity index (χ0n) is 12.4. The Kier molecular flexibility index (Phi) is 5.26. The normalized spacial score (nSPS) is 28.1. The lowest BCUT2D eigenvalue weighted by Crippen LogP contribution is -2.45. The highest BCUT2D eigenvalue weighted by Crippen LogP contribution is 2.39. The maximum atomic E-state index is 6.45. The van der Waals surface area contributed by atoms with Gasteiger partial charge in [0.15, 0.2) is 0 Å². The van der Waals surface area contributed by atoms with Crippen molar-refractivity contribution in [2.24, 2.45) is 17.6 Å². The molecule has 3 rings (SSSR count). The standard InChI is InChI=1S/C17H24BrClN2/c18-14-5-6-15(16(19)9-14)17(10-20)21-8-7-12-3-1-2-4-13(12)11-21/h5-6,9,12-13,17H,1-4,7-8,10-11,20H2. The number of nitrogens with two attached hydrogens (primary N) is 1. The van der Waals surface area contributed by atoms with Crippen molar-refractivity contribution in [1.29, 1.82) is 0 Å². The van der Waals surface area contributed by atoms with E-state index in [4.69, 9.17) is 17.3 Å². The molecule has 0 bridgehead atoms. The van der Waals surface area contributed by atoms with E-state index < -0.39 is 0 Å². The van der Waals surface area contributed by atoms with Gasteiger partial charge in [-0.25, -0.2) is 0 Å². The topological polar surface area (TPSA) is 29.3 Å². The summed E-state index contributed by atoms with van der Waals surface area (Å²) < 4.78 is 1.03. The summed E-state index contributed by atoms with van der Waals surface area (Å²) >= 11 is 9.93.